The minimum absolute atomic E-state index is 0.672. The number of nitrogens with zero attached hydrogens (tertiary/aromatic N) is 3. The van der Waals surface area contributed by atoms with Crippen LogP contribution < -0.4 is 0 Å². The van der Waals surface area contributed by atoms with Crippen LogP contribution in [0, 0.1) is 25.2 Å². The normalized spacial score (nSPS) is 10.7. The van der Waals surface area contributed by atoms with Gasteiger partial charge in [0, 0.05) is 5.56 Å². The predicted molar refractivity (Wildman–Crippen MR) is 71.4 cm³/mol. The standard InChI is InChI=1S/C13H10N4S/c1-7-12(6-14)18-13(15-7)9-3-4-10-11(5-9)17-8(2)16-10/h3-5H,1-2H3,(H,16,17). The predicted octanol–water partition coefficient (Wildman–Crippen LogP) is 3.17. The van der Waals surface area contributed by atoms with Crippen molar-refractivity contribution in [3.05, 3.63) is 34.6 Å². The van der Waals surface area contributed by atoms with Crippen LogP contribution in [0.5, 0.6) is 0 Å². The van der Waals surface area contributed by atoms with Gasteiger partial charge in [-0.3, -0.25) is 0 Å². The number of aryl methyl sites for hydroxylation is 2. The van der Waals surface area contributed by atoms with Crippen LogP contribution in [0.3, 0.4) is 0 Å². The summed E-state index contributed by atoms with van der Waals surface area (Å²) in [6, 6.07) is 8.14. The number of fused-ring (bicyclic) bond motifs is 1. The molecule has 3 aromatic rings. The summed E-state index contributed by atoms with van der Waals surface area (Å²) in [5, 5.41) is 9.83. The van der Waals surface area contributed by atoms with Crippen molar-refractivity contribution in [3.8, 4) is 16.6 Å². The van der Waals surface area contributed by atoms with Crippen molar-refractivity contribution in [2.45, 2.75) is 13.8 Å². The lowest BCUT2D eigenvalue weighted by atomic mass is 10.2. The number of nitrogens with one attached hydrogen (secondary N) is 1. The van der Waals surface area contributed by atoms with Crippen LogP contribution in [0.4, 0.5) is 0 Å². The molecule has 1 N–H and O–H groups in total. The Balaban J connectivity index is 2.15. The molecule has 0 saturated heterocycles. The first-order valence-corrected chi connectivity index (χ1v) is 6.33. The van der Waals surface area contributed by atoms with Gasteiger partial charge in [-0.05, 0) is 32.0 Å². The average molecular weight is 254 g/mol. The van der Waals surface area contributed by atoms with E-state index in [0.29, 0.717) is 4.88 Å². The lowest BCUT2D eigenvalue weighted by Gasteiger charge is -1.95. The molecule has 0 radical (unpaired) electrons. The number of thiazole rings is 1. The van der Waals surface area contributed by atoms with Gasteiger partial charge in [0.1, 0.15) is 21.8 Å². The second-order valence-electron chi connectivity index (χ2n) is 4.10. The molecule has 0 saturated carbocycles. The molecule has 2 aromatic heterocycles. The Morgan fingerprint density at radius 2 is 2.11 bits per heavy atom. The van der Waals surface area contributed by atoms with Crippen LogP contribution in [0.15, 0.2) is 18.2 Å². The summed E-state index contributed by atoms with van der Waals surface area (Å²) >= 11 is 1.42. The van der Waals surface area contributed by atoms with Crippen molar-refractivity contribution in [3.63, 3.8) is 0 Å². The zero-order valence-corrected chi connectivity index (χ0v) is 10.8. The molecular formula is C13H10N4S. The van der Waals surface area contributed by atoms with E-state index in [1.807, 2.05) is 32.0 Å². The van der Waals surface area contributed by atoms with Crippen molar-refractivity contribution in [2.24, 2.45) is 0 Å². The van der Waals surface area contributed by atoms with E-state index in [0.717, 1.165) is 33.1 Å². The van der Waals surface area contributed by atoms with E-state index >= 15 is 0 Å². The molecule has 0 aliphatic carbocycles. The van der Waals surface area contributed by atoms with Gasteiger partial charge in [0.15, 0.2) is 0 Å². The topological polar surface area (TPSA) is 65.4 Å². The molecule has 18 heavy (non-hydrogen) atoms. The smallest absolute Gasteiger partial charge is 0.128 e. The van der Waals surface area contributed by atoms with E-state index in [2.05, 4.69) is 21.0 Å². The number of rotatable bonds is 1. The number of benzene rings is 1. The molecule has 3 rings (SSSR count). The molecule has 0 atom stereocenters. The highest BCUT2D eigenvalue weighted by Crippen LogP contribution is 2.29. The van der Waals surface area contributed by atoms with Crippen molar-refractivity contribution < 1.29 is 0 Å². The van der Waals surface area contributed by atoms with Gasteiger partial charge in [-0.2, -0.15) is 5.26 Å². The van der Waals surface area contributed by atoms with E-state index in [9.17, 15) is 0 Å². The summed E-state index contributed by atoms with van der Waals surface area (Å²) < 4.78 is 0. The second-order valence-corrected chi connectivity index (χ2v) is 5.10. The van der Waals surface area contributed by atoms with Crippen LogP contribution in [0.1, 0.15) is 16.4 Å². The number of hydrogen-bond donors (Lipinski definition) is 1. The van der Waals surface area contributed by atoms with Crippen molar-refractivity contribution in [1.82, 2.24) is 15.0 Å². The SMILES string of the molecule is Cc1nc2ccc(-c3nc(C)c(C#N)s3)cc2[nH]1. The van der Waals surface area contributed by atoms with Crippen LogP contribution >= 0.6 is 11.3 Å². The first-order chi connectivity index (χ1) is 8.67. The zero-order valence-electron chi connectivity index (χ0n) is 9.98. The molecule has 0 fully saturated rings. The number of imidazole rings is 1. The lowest BCUT2D eigenvalue weighted by Crippen LogP contribution is -1.78. The lowest BCUT2D eigenvalue weighted by molar-refractivity contribution is 1.17. The number of aromatic amines is 1. The molecule has 0 unspecified atom stereocenters. The minimum atomic E-state index is 0.672. The van der Waals surface area contributed by atoms with E-state index in [4.69, 9.17) is 5.26 Å². The number of H-pyrrole nitrogens is 1. The van der Waals surface area contributed by atoms with E-state index in [1.165, 1.54) is 11.3 Å². The van der Waals surface area contributed by atoms with Gasteiger partial charge in [-0.25, -0.2) is 9.97 Å². The van der Waals surface area contributed by atoms with Crippen molar-refractivity contribution in [1.29, 1.82) is 5.26 Å². The summed E-state index contributed by atoms with van der Waals surface area (Å²) in [5.74, 6) is 0.898. The third-order valence-corrected chi connectivity index (χ3v) is 3.86. The van der Waals surface area contributed by atoms with Gasteiger partial charge in [-0.1, -0.05) is 0 Å². The minimum Gasteiger partial charge on any atom is -0.342 e. The molecule has 0 bridgehead atoms. The first kappa shape index (κ1) is 10.9. The zero-order chi connectivity index (χ0) is 12.7. The summed E-state index contributed by atoms with van der Waals surface area (Å²) in [4.78, 5) is 12.7. The highest BCUT2D eigenvalue weighted by Gasteiger charge is 2.10. The molecule has 0 spiro atoms. The van der Waals surface area contributed by atoms with Crippen LogP contribution in [-0.4, -0.2) is 15.0 Å². The molecular weight excluding hydrogens is 244 g/mol. The van der Waals surface area contributed by atoms with Gasteiger partial charge >= 0.3 is 0 Å². The van der Waals surface area contributed by atoms with Crippen molar-refractivity contribution in [2.75, 3.05) is 0 Å². The van der Waals surface area contributed by atoms with Gasteiger partial charge in [0.2, 0.25) is 0 Å². The Morgan fingerprint density at radius 3 is 2.83 bits per heavy atom. The van der Waals surface area contributed by atoms with Crippen LogP contribution in [0.2, 0.25) is 0 Å². The fourth-order valence-corrected chi connectivity index (χ4v) is 2.75. The molecule has 4 nitrogen and oxygen atoms in total. The van der Waals surface area contributed by atoms with E-state index in [-0.39, 0.29) is 0 Å². The second kappa shape index (κ2) is 3.93. The highest BCUT2D eigenvalue weighted by atomic mass is 32.1. The first-order valence-electron chi connectivity index (χ1n) is 5.51. The van der Waals surface area contributed by atoms with E-state index in [1.54, 1.807) is 0 Å². The number of hydrogen-bond acceptors (Lipinski definition) is 4. The van der Waals surface area contributed by atoms with E-state index < -0.39 is 0 Å². The summed E-state index contributed by atoms with van der Waals surface area (Å²) in [6.07, 6.45) is 0. The third-order valence-electron chi connectivity index (χ3n) is 2.75. The largest absolute Gasteiger partial charge is 0.342 e. The molecule has 0 amide bonds. The van der Waals surface area contributed by atoms with Gasteiger partial charge in [-0.15, -0.1) is 11.3 Å². The summed E-state index contributed by atoms with van der Waals surface area (Å²) in [7, 11) is 0. The monoisotopic (exact) mass is 254 g/mol. The fourth-order valence-electron chi connectivity index (χ4n) is 1.89. The Kier molecular flexibility index (Phi) is 2.39. The number of nitriles is 1. The maximum absolute atomic E-state index is 8.96. The Bertz CT molecular complexity index is 776. The maximum atomic E-state index is 8.96. The summed E-state index contributed by atoms with van der Waals surface area (Å²) in [5.41, 5.74) is 3.75. The van der Waals surface area contributed by atoms with Gasteiger partial charge < -0.3 is 4.98 Å². The fraction of sp³-hybridized carbons (Fsp3) is 0.154. The highest BCUT2D eigenvalue weighted by molar-refractivity contribution is 7.15. The molecule has 2 heterocycles. The van der Waals surface area contributed by atoms with Gasteiger partial charge in [0.25, 0.3) is 0 Å². The van der Waals surface area contributed by atoms with Crippen molar-refractivity contribution >= 4 is 22.4 Å². The molecule has 88 valence electrons. The third kappa shape index (κ3) is 1.67. The quantitative estimate of drug-likeness (QED) is 0.725. The Labute approximate surface area is 108 Å². The maximum Gasteiger partial charge on any atom is 0.128 e. The molecule has 1 aromatic carbocycles. The average Bonchev–Trinajstić information content (AvgIpc) is 2.89. The Morgan fingerprint density at radius 1 is 1.28 bits per heavy atom. The van der Waals surface area contributed by atoms with Crippen LogP contribution in [-0.2, 0) is 0 Å². The molecule has 0 aliphatic rings. The van der Waals surface area contributed by atoms with Crippen LogP contribution in [0.25, 0.3) is 21.6 Å². The molecule has 0 aliphatic heterocycles. The molecule has 5 heteroatoms. The van der Waals surface area contributed by atoms with Gasteiger partial charge in [0.05, 0.1) is 16.7 Å². The Hall–Kier alpha value is -2.19. The summed E-state index contributed by atoms with van der Waals surface area (Å²) in [6.45, 7) is 3.79. The number of aromatic nitrogens is 3.